The van der Waals surface area contributed by atoms with Crippen LogP contribution in [0.5, 0.6) is 0 Å². The first kappa shape index (κ1) is 25.2. The van der Waals surface area contributed by atoms with Gasteiger partial charge in [0.1, 0.15) is 11.8 Å². The van der Waals surface area contributed by atoms with Gasteiger partial charge in [0.05, 0.1) is 24.4 Å². The molecule has 182 valence electrons. The monoisotopic (exact) mass is 507 g/mol. The minimum atomic E-state index is -3.85. The number of carbonyl (C=O) groups is 2. The Hall–Kier alpha value is -3.38. The van der Waals surface area contributed by atoms with Gasteiger partial charge in [-0.3, -0.25) is 14.3 Å². The molecule has 0 aliphatic rings. The number of aromatic nitrogens is 1. The lowest BCUT2D eigenvalue weighted by molar-refractivity contribution is -0.162. The first-order valence-electron chi connectivity index (χ1n) is 10.4. The second-order valence-electron chi connectivity index (χ2n) is 7.07. The normalized spacial score (nSPS) is 12.2. The average molecular weight is 508 g/mol. The fourth-order valence-corrected chi connectivity index (χ4v) is 4.70. The number of benzene rings is 1. The molecule has 2 aromatic heterocycles. The third kappa shape index (κ3) is 6.14. The van der Waals surface area contributed by atoms with Gasteiger partial charge in [0.25, 0.3) is 10.0 Å². The zero-order chi connectivity index (χ0) is 24.7. The highest BCUT2D eigenvalue weighted by atomic mass is 32.2. The predicted octanol–water partition coefficient (Wildman–Crippen LogP) is 3.74. The maximum Gasteiger partial charge on any atom is 0.322 e. The van der Waals surface area contributed by atoms with Crippen LogP contribution in [0.3, 0.4) is 0 Å². The van der Waals surface area contributed by atoms with E-state index in [1.54, 1.807) is 32.0 Å². The van der Waals surface area contributed by atoms with E-state index < -0.39 is 33.9 Å². The van der Waals surface area contributed by atoms with E-state index in [9.17, 15) is 18.0 Å². The Bertz CT molecular complexity index is 1190. The van der Waals surface area contributed by atoms with Gasteiger partial charge in [-0.2, -0.15) is 4.37 Å². The molecule has 0 saturated heterocycles. The lowest BCUT2D eigenvalue weighted by atomic mass is 9.97. The van der Waals surface area contributed by atoms with Crippen LogP contribution in [0.15, 0.2) is 58.0 Å². The summed E-state index contributed by atoms with van der Waals surface area (Å²) in [5.41, 5.74) is 0.448. The first-order chi connectivity index (χ1) is 16.2. The predicted molar refractivity (Wildman–Crippen MR) is 126 cm³/mol. The molecule has 0 spiro atoms. The summed E-state index contributed by atoms with van der Waals surface area (Å²) >= 11 is 1.19. The van der Waals surface area contributed by atoms with Gasteiger partial charge >= 0.3 is 11.9 Å². The Morgan fingerprint density at radius 1 is 1.09 bits per heavy atom. The minimum Gasteiger partial charge on any atom is -0.467 e. The lowest BCUT2D eigenvalue weighted by Gasteiger charge is -2.24. The van der Waals surface area contributed by atoms with Crippen molar-refractivity contribution in [3.63, 3.8) is 0 Å². The molecule has 0 unspecified atom stereocenters. The molecule has 10 nitrogen and oxygen atoms in total. The van der Waals surface area contributed by atoms with Crippen LogP contribution in [0.2, 0.25) is 0 Å². The Kier molecular flexibility index (Phi) is 8.29. The molecule has 0 saturated carbocycles. The third-order valence-corrected chi connectivity index (χ3v) is 6.68. The lowest BCUT2D eigenvalue weighted by Crippen LogP contribution is -2.36. The second-order valence-corrected chi connectivity index (χ2v) is 9.76. The van der Waals surface area contributed by atoms with Crippen molar-refractivity contribution in [3.8, 4) is 0 Å². The van der Waals surface area contributed by atoms with Gasteiger partial charge in [-0.05, 0) is 74.8 Å². The SMILES string of the molecule is CCOC(=O)C(C(=O)OCC)[C@@H](Nc1ccc(S(=O)(=O)Nc2cc(C)sn2)cc1)c1ccco1. The fourth-order valence-electron chi connectivity index (χ4n) is 3.14. The summed E-state index contributed by atoms with van der Waals surface area (Å²) < 4.78 is 47.4. The van der Waals surface area contributed by atoms with E-state index >= 15 is 0 Å². The largest absolute Gasteiger partial charge is 0.467 e. The quantitative estimate of drug-likeness (QED) is 0.294. The summed E-state index contributed by atoms with van der Waals surface area (Å²) in [5, 5.41) is 3.07. The van der Waals surface area contributed by atoms with Crippen molar-refractivity contribution in [1.29, 1.82) is 0 Å². The molecule has 0 aliphatic carbocycles. The fraction of sp³-hybridized carbons (Fsp3) is 0.318. The third-order valence-electron chi connectivity index (χ3n) is 4.62. The summed E-state index contributed by atoms with van der Waals surface area (Å²) in [5.74, 6) is -2.32. The van der Waals surface area contributed by atoms with Crippen LogP contribution >= 0.6 is 11.5 Å². The second kappa shape index (κ2) is 11.2. The number of hydrogen-bond acceptors (Lipinski definition) is 10. The van der Waals surface area contributed by atoms with E-state index in [4.69, 9.17) is 13.9 Å². The van der Waals surface area contributed by atoms with Crippen LogP contribution in [-0.2, 0) is 29.1 Å². The van der Waals surface area contributed by atoms with Crippen LogP contribution in [0, 0.1) is 12.8 Å². The van der Waals surface area contributed by atoms with Crippen LogP contribution in [-0.4, -0.2) is 37.9 Å². The van der Waals surface area contributed by atoms with Gasteiger partial charge in [-0.1, -0.05) is 0 Å². The van der Waals surface area contributed by atoms with E-state index in [-0.39, 0.29) is 23.9 Å². The molecule has 0 radical (unpaired) electrons. The zero-order valence-electron chi connectivity index (χ0n) is 18.8. The molecule has 0 bridgehead atoms. The van der Waals surface area contributed by atoms with Crippen molar-refractivity contribution in [1.82, 2.24) is 4.37 Å². The van der Waals surface area contributed by atoms with E-state index in [0.717, 1.165) is 4.88 Å². The van der Waals surface area contributed by atoms with Crippen molar-refractivity contribution in [2.24, 2.45) is 5.92 Å². The zero-order valence-corrected chi connectivity index (χ0v) is 20.4. The smallest absolute Gasteiger partial charge is 0.322 e. The van der Waals surface area contributed by atoms with Crippen LogP contribution in [0.4, 0.5) is 11.5 Å². The number of carbonyl (C=O) groups excluding carboxylic acids is 2. The molecule has 3 rings (SSSR count). The molecule has 2 N–H and O–H groups in total. The summed E-state index contributed by atoms with van der Waals surface area (Å²) in [7, 11) is -3.85. The topological polar surface area (TPSA) is 137 Å². The molecule has 1 atom stereocenters. The Balaban J connectivity index is 1.86. The van der Waals surface area contributed by atoms with Crippen molar-refractivity contribution >= 4 is 45.0 Å². The van der Waals surface area contributed by atoms with Crippen LogP contribution in [0.25, 0.3) is 0 Å². The maximum atomic E-state index is 12.7. The van der Waals surface area contributed by atoms with Crippen molar-refractivity contribution < 1.29 is 31.9 Å². The van der Waals surface area contributed by atoms with Crippen molar-refractivity contribution in [2.75, 3.05) is 23.3 Å². The molecule has 1 aromatic carbocycles. The molecule has 0 fully saturated rings. The summed E-state index contributed by atoms with van der Waals surface area (Å²) in [6.07, 6.45) is 1.42. The number of rotatable bonds is 11. The number of hydrogen-bond donors (Lipinski definition) is 2. The number of furan rings is 1. The van der Waals surface area contributed by atoms with Gasteiger partial charge in [0, 0.05) is 10.6 Å². The van der Waals surface area contributed by atoms with Gasteiger partial charge in [-0.25, -0.2) is 8.42 Å². The van der Waals surface area contributed by atoms with E-state index in [2.05, 4.69) is 14.4 Å². The number of nitrogens with one attached hydrogen (secondary N) is 2. The Labute approximate surface area is 201 Å². The molecule has 3 aromatic rings. The van der Waals surface area contributed by atoms with Gasteiger partial charge in [0.15, 0.2) is 11.7 Å². The summed E-state index contributed by atoms with van der Waals surface area (Å²) in [4.78, 5) is 26.2. The highest BCUT2D eigenvalue weighted by Gasteiger charge is 2.40. The summed E-state index contributed by atoms with van der Waals surface area (Å²) in [6, 6.07) is 9.75. The van der Waals surface area contributed by atoms with E-state index in [1.165, 1.54) is 42.1 Å². The highest BCUT2D eigenvalue weighted by molar-refractivity contribution is 7.92. The number of ether oxygens (including phenoxy) is 2. The average Bonchev–Trinajstić information content (AvgIpc) is 3.46. The van der Waals surface area contributed by atoms with Crippen LogP contribution in [0.1, 0.15) is 30.5 Å². The van der Waals surface area contributed by atoms with E-state index in [1.807, 2.05) is 6.92 Å². The van der Waals surface area contributed by atoms with Gasteiger partial charge in [-0.15, -0.1) is 0 Å². The number of nitrogens with zero attached hydrogens (tertiary/aromatic N) is 1. The number of aryl methyl sites for hydroxylation is 1. The highest BCUT2D eigenvalue weighted by Crippen LogP contribution is 2.30. The Morgan fingerprint density at radius 3 is 2.24 bits per heavy atom. The number of anilines is 2. The molecule has 2 heterocycles. The minimum absolute atomic E-state index is 0.0191. The standard InChI is InChI=1S/C22H25N3O7S2/c1-4-30-21(26)19(22(27)31-5-2)20(17-7-6-12-32-17)23-15-8-10-16(11-9-15)34(28,29)25-18-13-14(3)33-24-18/h6-13,19-20,23H,4-5H2,1-3H3,(H,24,25)/t20-/m0/s1. The van der Waals surface area contributed by atoms with Crippen LogP contribution < -0.4 is 10.0 Å². The molecule has 34 heavy (non-hydrogen) atoms. The van der Waals surface area contributed by atoms with Gasteiger partial charge < -0.3 is 19.2 Å². The van der Waals surface area contributed by atoms with Crippen molar-refractivity contribution in [3.05, 3.63) is 59.4 Å². The molecular formula is C22H25N3O7S2. The number of sulfonamides is 1. The van der Waals surface area contributed by atoms with Crippen molar-refractivity contribution in [2.45, 2.75) is 31.7 Å². The summed E-state index contributed by atoms with van der Waals surface area (Å²) in [6.45, 7) is 5.26. The van der Waals surface area contributed by atoms with E-state index in [0.29, 0.717) is 11.4 Å². The maximum absolute atomic E-state index is 12.7. The molecule has 0 aliphatic heterocycles. The Morgan fingerprint density at radius 2 is 1.74 bits per heavy atom. The van der Waals surface area contributed by atoms with Gasteiger partial charge in [0.2, 0.25) is 0 Å². The molecular weight excluding hydrogens is 482 g/mol. The number of esters is 2. The first-order valence-corrected chi connectivity index (χ1v) is 12.7. The molecule has 0 amide bonds. The molecule has 12 heteroatoms.